The van der Waals surface area contributed by atoms with Crippen LogP contribution >= 0.6 is 0 Å². The van der Waals surface area contributed by atoms with Crippen molar-refractivity contribution in [3.63, 3.8) is 0 Å². The maximum Gasteiger partial charge on any atom is 0.243 e. The Kier molecular flexibility index (Phi) is 3.90. The van der Waals surface area contributed by atoms with Gasteiger partial charge in [-0.3, -0.25) is 0 Å². The van der Waals surface area contributed by atoms with Gasteiger partial charge in [0.2, 0.25) is 5.95 Å². The van der Waals surface area contributed by atoms with E-state index in [9.17, 15) is 5.11 Å². The SMILES string of the molecule is Cc1nc2ccc(-c3ccn4nc(NC56CCC(O)(CC5)C6)nc(N)c34)nc2n1C(C)C. The summed E-state index contributed by atoms with van der Waals surface area (Å²) in [5.74, 6) is 1.85. The molecule has 0 aromatic carbocycles. The van der Waals surface area contributed by atoms with Gasteiger partial charge in [-0.25, -0.2) is 14.5 Å². The molecule has 0 spiro atoms. The van der Waals surface area contributed by atoms with Crippen molar-refractivity contribution in [2.75, 3.05) is 11.1 Å². The second-order valence-electron chi connectivity index (χ2n) is 9.81. The molecular formula is C23H28N8O. The lowest BCUT2D eigenvalue weighted by molar-refractivity contribution is 0.0521. The van der Waals surface area contributed by atoms with Crippen LogP contribution in [0.2, 0.25) is 0 Å². The maximum atomic E-state index is 10.5. The Balaban J connectivity index is 1.40. The van der Waals surface area contributed by atoms with E-state index < -0.39 is 5.60 Å². The van der Waals surface area contributed by atoms with E-state index in [-0.39, 0.29) is 11.6 Å². The molecule has 9 heteroatoms. The Morgan fingerprint density at radius 2 is 1.88 bits per heavy atom. The second kappa shape index (κ2) is 6.41. The zero-order chi connectivity index (χ0) is 22.3. The largest absolute Gasteiger partial charge is 0.390 e. The molecule has 2 aliphatic rings. The van der Waals surface area contributed by atoms with Gasteiger partial charge < -0.3 is 20.7 Å². The summed E-state index contributed by atoms with van der Waals surface area (Å²) in [6, 6.07) is 6.21. The first-order valence-corrected chi connectivity index (χ1v) is 11.3. The van der Waals surface area contributed by atoms with Gasteiger partial charge in [-0.1, -0.05) is 0 Å². The Morgan fingerprint density at radius 1 is 1.09 bits per heavy atom. The lowest BCUT2D eigenvalue weighted by Crippen LogP contribution is -2.34. The lowest BCUT2D eigenvalue weighted by Gasteiger charge is -2.27. The molecule has 2 bridgehead atoms. The average Bonchev–Trinajstić information content (AvgIpc) is 3.46. The highest BCUT2D eigenvalue weighted by Crippen LogP contribution is 2.51. The topological polar surface area (TPSA) is 119 Å². The highest BCUT2D eigenvalue weighted by molar-refractivity contribution is 5.88. The molecule has 0 saturated heterocycles. The van der Waals surface area contributed by atoms with Crippen LogP contribution in [-0.2, 0) is 0 Å². The van der Waals surface area contributed by atoms with Crippen molar-refractivity contribution in [1.82, 2.24) is 29.1 Å². The van der Waals surface area contributed by atoms with Gasteiger partial charge in [0.1, 0.15) is 16.9 Å². The fourth-order valence-corrected chi connectivity index (χ4v) is 5.75. The molecule has 166 valence electrons. The van der Waals surface area contributed by atoms with Gasteiger partial charge in [0.15, 0.2) is 11.5 Å². The number of aliphatic hydroxyl groups is 1. The number of nitrogens with zero attached hydrogens (tertiary/aromatic N) is 6. The summed E-state index contributed by atoms with van der Waals surface area (Å²) >= 11 is 0. The molecule has 0 atom stereocenters. The third-order valence-corrected chi connectivity index (χ3v) is 7.23. The van der Waals surface area contributed by atoms with Gasteiger partial charge in [-0.05, 0) is 71.1 Å². The first-order valence-electron chi connectivity index (χ1n) is 11.3. The van der Waals surface area contributed by atoms with Gasteiger partial charge in [0.05, 0.1) is 11.3 Å². The first-order chi connectivity index (χ1) is 15.3. The molecule has 2 fully saturated rings. The van der Waals surface area contributed by atoms with Crippen molar-refractivity contribution in [3.8, 4) is 11.3 Å². The van der Waals surface area contributed by atoms with Crippen LogP contribution < -0.4 is 11.1 Å². The van der Waals surface area contributed by atoms with Crippen LogP contribution in [0.25, 0.3) is 27.9 Å². The summed E-state index contributed by atoms with van der Waals surface area (Å²) in [7, 11) is 0. The third-order valence-electron chi connectivity index (χ3n) is 7.23. The standard InChI is InChI=1S/C23H28N8O/c1-13(2)31-14(3)25-17-5-4-16(26-20(17)31)15-6-11-30-18(15)19(24)27-21(29-30)28-22-7-9-23(32,12-22)10-8-22/h4-6,11,13,32H,7-10,12H2,1-3H3,(H3,24,27,28,29). The molecule has 4 heterocycles. The van der Waals surface area contributed by atoms with Crippen molar-refractivity contribution in [1.29, 1.82) is 0 Å². The highest BCUT2D eigenvalue weighted by Gasteiger charge is 2.53. The number of aromatic nitrogens is 6. The van der Waals surface area contributed by atoms with E-state index in [1.807, 2.05) is 31.3 Å². The minimum atomic E-state index is -0.533. The molecule has 0 amide bonds. The zero-order valence-electron chi connectivity index (χ0n) is 18.6. The van der Waals surface area contributed by atoms with E-state index in [0.717, 1.165) is 65.9 Å². The van der Waals surface area contributed by atoms with Crippen LogP contribution in [0.15, 0.2) is 24.4 Å². The Labute approximate surface area is 185 Å². The molecule has 6 rings (SSSR count). The summed E-state index contributed by atoms with van der Waals surface area (Å²) in [4.78, 5) is 14.1. The van der Waals surface area contributed by atoms with Gasteiger partial charge in [0.25, 0.3) is 0 Å². The van der Waals surface area contributed by atoms with Crippen LogP contribution in [-0.4, -0.2) is 45.4 Å². The van der Waals surface area contributed by atoms with Crippen molar-refractivity contribution in [2.24, 2.45) is 0 Å². The molecule has 0 unspecified atom stereocenters. The number of hydrogen-bond acceptors (Lipinski definition) is 7. The fraction of sp³-hybridized carbons (Fsp3) is 0.478. The average molecular weight is 433 g/mol. The first kappa shape index (κ1) is 19.5. The van der Waals surface area contributed by atoms with E-state index in [2.05, 4.69) is 38.8 Å². The highest BCUT2D eigenvalue weighted by atomic mass is 16.3. The summed E-state index contributed by atoms with van der Waals surface area (Å²) in [5.41, 5.74) is 9.94. The number of imidazole rings is 1. The quantitative estimate of drug-likeness (QED) is 0.452. The number of rotatable bonds is 4. The van der Waals surface area contributed by atoms with Gasteiger partial charge in [-0.15, -0.1) is 5.10 Å². The van der Waals surface area contributed by atoms with E-state index >= 15 is 0 Å². The number of hydrogen-bond donors (Lipinski definition) is 3. The molecular weight excluding hydrogens is 404 g/mol. The predicted molar refractivity (Wildman–Crippen MR) is 123 cm³/mol. The number of nitrogens with one attached hydrogen (secondary N) is 1. The van der Waals surface area contributed by atoms with Crippen LogP contribution in [0.4, 0.5) is 11.8 Å². The predicted octanol–water partition coefficient (Wildman–Crippen LogP) is 3.47. The van der Waals surface area contributed by atoms with E-state index in [4.69, 9.17) is 10.7 Å². The van der Waals surface area contributed by atoms with E-state index in [1.165, 1.54) is 0 Å². The number of anilines is 2. The van der Waals surface area contributed by atoms with Crippen molar-refractivity contribution in [3.05, 3.63) is 30.2 Å². The zero-order valence-corrected chi connectivity index (χ0v) is 18.6. The molecule has 2 saturated carbocycles. The van der Waals surface area contributed by atoms with Gasteiger partial charge in [0, 0.05) is 23.3 Å². The lowest BCUT2D eigenvalue weighted by atomic mass is 9.93. The van der Waals surface area contributed by atoms with Crippen molar-refractivity contribution < 1.29 is 5.11 Å². The number of nitrogen functional groups attached to an aromatic ring is 1. The number of fused-ring (bicyclic) bond motifs is 4. The van der Waals surface area contributed by atoms with Crippen LogP contribution in [0.3, 0.4) is 0 Å². The van der Waals surface area contributed by atoms with E-state index in [0.29, 0.717) is 11.8 Å². The van der Waals surface area contributed by atoms with Gasteiger partial charge in [-0.2, -0.15) is 4.98 Å². The van der Waals surface area contributed by atoms with Crippen LogP contribution in [0.5, 0.6) is 0 Å². The third kappa shape index (κ3) is 2.80. The van der Waals surface area contributed by atoms with Crippen LogP contribution in [0.1, 0.15) is 57.8 Å². The molecule has 32 heavy (non-hydrogen) atoms. The summed E-state index contributed by atoms with van der Waals surface area (Å²) in [6.45, 7) is 6.27. The molecule has 4 aromatic heterocycles. The number of pyridine rings is 1. The Bertz CT molecular complexity index is 1360. The molecule has 0 radical (unpaired) electrons. The Morgan fingerprint density at radius 3 is 2.56 bits per heavy atom. The minimum absolute atomic E-state index is 0.134. The maximum absolute atomic E-state index is 10.5. The fourth-order valence-electron chi connectivity index (χ4n) is 5.75. The summed E-state index contributed by atoms with van der Waals surface area (Å²) < 4.78 is 3.91. The van der Waals surface area contributed by atoms with Crippen molar-refractivity contribution >= 4 is 28.4 Å². The number of aryl methyl sites for hydroxylation is 1. The van der Waals surface area contributed by atoms with E-state index in [1.54, 1.807) is 4.52 Å². The van der Waals surface area contributed by atoms with Crippen molar-refractivity contribution in [2.45, 2.75) is 70.1 Å². The smallest absolute Gasteiger partial charge is 0.243 e. The second-order valence-corrected chi connectivity index (χ2v) is 9.81. The Hall–Kier alpha value is -3.20. The molecule has 4 N–H and O–H groups in total. The molecule has 9 nitrogen and oxygen atoms in total. The normalized spacial score (nSPS) is 24.9. The van der Waals surface area contributed by atoms with Gasteiger partial charge >= 0.3 is 0 Å². The summed E-state index contributed by atoms with van der Waals surface area (Å²) in [6.07, 6.45) is 6.13. The van der Waals surface area contributed by atoms with Crippen LogP contribution in [0, 0.1) is 6.92 Å². The summed E-state index contributed by atoms with van der Waals surface area (Å²) in [5, 5.41) is 18.7. The monoisotopic (exact) mass is 432 g/mol. The molecule has 2 aliphatic carbocycles. The molecule has 4 aromatic rings. The minimum Gasteiger partial charge on any atom is -0.390 e. The molecule has 0 aliphatic heterocycles. The number of nitrogens with two attached hydrogens (primary N) is 1.